The summed E-state index contributed by atoms with van der Waals surface area (Å²) < 4.78 is 47.6. The van der Waals surface area contributed by atoms with Crippen LogP contribution in [-0.4, -0.2) is 45.4 Å². The summed E-state index contributed by atoms with van der Waals surface area (Å²) in [6.07, 6.45) is -2.10. The lowest BCUT2D eigenvalue weighted by Crippen LogP contribution is -2.66. The molecule has 0 radical (unpaired) electrons. The van der Waals surface area contributed by atoms with Crippen LogP contribution in [0.15, 0.2) is 0 Å². The SMILES string of the molecule is CC(C)(C)OC(=O)N1CC2(CCC2Cn2nc(C3CC3)c(C(F)(F)F)c2C(N)=O)C1. The van der Waals surface area contributed by atoms with Gasteiger partial charge in [0.15, 0.2) is 0 Å². The normalized spacial score (nSPS) is 23.1. The Balaban J connectivity index is 1.52. The number of nitrogens with two attached hydrogens (primary N) is 1. The molecule has 3 aliphatic rings. The van der Waals surface area contributed by atoms with Gasteiger partial charge < -0.3 is 15.4 Å². The molecule has 2 saturated carbocycles. The van der Waals surface area contributed by atoms with E-state index < -0.39 is 28.9 Å². The summed E-state index contributed by atoms with van der Waals surface area (Å²) in [5, 5.41) is 4.20. The Hall–Kier alpha value is -2.26. The fourth-order valence-corrected chi connectivity index (χ4v) is 4.62. The maximum Gasteiger partial charge on any atom is 0.420 e. The molecule has 4 rings (SSSR count). The van der Waals surface area contributed by atoms with Gasteiger partial charge in [-0.1, -0.05) is 0 Å². The van der Waals surface area contributed by atoms with Crippen molar-refractivity contribution in [1.29, 1.82) is 0 Å². The van der Waals surface area contributed by atoms with Gasteiger partial charge in [-0.05, 0) is 52.4 Å². The van der Waals surface area contributed by atoms with E-state index in [4.69, 9.17) is 10.5 Å². The van der Waals surface area contributed by atoms with E-state index in [1.54, 1.807) is 25.7 Å². The number of likely N-dealkylation sites (tertiary alicyclic amines) is 1. The predicted octanol–water partition coefficient (Wildman–Crippen LogP) is 3.53. The monoisotopic (exact) mass is 428 g/mol. The highest BCUT2D eigenvalue weighted by atomic mass is 19.4. The van der Waals surface area contributed by atoms with Gasteiger partial charge in [0.05, 0.1) is 5.69 Å². The van der Waals surface area contributed by atoms with Crippen LogP contribution in [0.3, 0.4) is 0 Å². The number of carbonyl (C=O) groups is 2. The van der Waals surface area contributed by atoms with Crippen LogP contribution in [0.4, 0.5) is 18.0 Å². The maximum atomic E-state index is 13.7. The average molecular weight is 428 g/mol. The maximum absolute atomic E-state index is 13.7. The van der Waals surface area contributed by atoms with E-state index in [1.165, 1.54) is 4.68 Å². The van der Waals surface area contributed by atoms with Crippen molar-refractivity contribution < 1.29 is 27.5 Å². The van der Waals surface area contributed by atoms with Crippen molar-refractivity contribution in [3.63, 3.8) is 0 Å². The van der Waals surface area contributed by atoms with Gasteiger partial charge in [-0.2, -0.15) is 18.3 Å². The molecule has 1 spiro atoms. The summed E-state index contributed by atoms with van der Waals surface area (Å²) in [6.45, 7) is 6.58. The smallest absolute Gasteiger partial charge is 0.420 e. The first-order valence-electron chi connectivity index (χ1n) is 10.3. The summed E-state index contributed by atoms with van der Waals surface area (Å²) in [7, 11) is 0. The zero-order valence-electron chi connectivity index (χ0n) is 17.4. The molecule has 1 aliphatic heterocycles. The van der Waals surface area contributed by atoms with Crippen molar-refractivity contribution >= 4 is 12.0 Å². The van der Waals surface area contributed by atoms with Crippen LogP contribution in [0.2, 0.25) is 0 Å². The fourth-order valence-electron chi connectivity index (χ4n) is 4.62. The quantitative estimate of drug-likeness (QED) is 0.794. The second kappa shape index (κ2) is 6.62. The molecule has 0 bridgehead atoms. The predicted molar refractivity (Wildman–Crippen MR) is 101 cm³/mol. The Morgan fingerprint density at radius 1 is 1.20 bits per heavy atom. The molecule has 0 aromatic carbocycles. The summed E-state index contributed by atoms with van der Waals surface area (Å²) in [5.41, 5.74) is 3.02. The largest absolute Gasteiger partial charge is 0.444 e. The highest BCUT2D eigenvalue weighted by Crippen LogP contribution is 2.54. The number of rotatable bonds is 4. The molecule has 10 heteroatoms. The van der Waals surface area contributed by atoms with Crippen molar-refractivity contribution in [2.75, 3.05) is 13.1 Å². The number of ether oxygens (including phenoxy) is 1. The Morgan fingerprint density at radius 3 is 2.27 bits per heavy atom. The molecule has 2 amide bonds. The number of hydrogen-bond acceptors (Lipinski definition) is 4. The van der Waals surface area contributed by atoms with Gasteiger partial charge in [0.2, 0.25) is 0 Å². The molecule has 2 heterocycles. The number of hydrogen-bond donors (Lipinski definition) is 1. The van der Waals surface area contributed by atoms with Crippen molar-refractivity contribution in [3.8, 4) is 0 Å². The minimum absolute atomic E-state index is 0.0299. The van der Waals surface area contributed by atoms with E-state index in [9.17, 15) is 22.8 Å². The van der Waals surface area contributed by atoms with Crippen LogP contribution in [0.5, 0.6) is 0 Å². The third kappa shape index (κ3) is 3.65. The minimum Gasteiger partial charge on any atom is -0.444 e. The molecular formula is C20H27F3N4O3. The first-order chi connectivity index (χ1) is 13.8. The molecule has 3 fully saturated rings. The lowest BCUT2D eigenvalue weighted by molar-refractivity contribution is -0.138. The van der Waals surface area contributed by atoms with Crippen molar-refractivity contribution in [2.24, 2.45) is 17.1 Å². The van der Waals surface area contributed by atoms with Crippen LogP contribution in [-0.2, 0) is 17.5 Å². The van der Waals surface area contributed by atoms with Gasteiger partial charge >= 0.3 is 12.3 Å². The van der Waals surface area contributed by atoms with Gasteiger partial charge in [0.25, 0.3) is 5.91 Å². The summed E-state index contributed by atoms with van der Waals surface area (Å²) >= 11 is 0. The van der Waals surface area contributed by atoms with Gasteiger partial charge in [0, 0.05) is 31.0 Å². The second-order valence-electron chi connectivity index (χ2n) is 9.86. The molecule has 166 valence electrons. The summed E-state index contributed by atoms with van der Waals surface area (Å²) in [5.74, 6) is -1.34. The summed E-state index contributed by atoms with van der Waals surface area (Å²) in [4.78, 5) is 25.8. The number of alkyl halides is 3. The van der Waals surface area contributed by atoms with Gasteiger partial charge in [-0.15, -0.1) is 0 Å². The van der Waals surface area contributed by atoms with Crippen LogP contribution in [0, 0.1) is 11.3 Å². The average Bonchev–Trinajstić information content (AvgIpc) is 3.27. The Bertz CT molecular complexity index is 877. The van der Waals surface area contributed by atoms with E-state index >= 15 is 0 Å². The lowest BCUT2D eigenvalue weighted by Gasteiger charge is -2.60. The molecule has 30 heavy (non-hydrogen) atoms. The number of carbonyl (C=O) groups excluding carboxylic acids is 2. The van der Waals surface area contributed by atoms with Crippen molar-refractivity contribution in [1.82, 2.24) is 14.7 Å². The van der Waals surface area contributed by atoms with E-state index in [1.807, 2.05) is 0 Å². The first kappa shape index (κ1) is 21.0. The van der Waals surface area contributed by atoms with E-state index in [-0.39, 0.29) is 35.6 Å². The minimum atomic E-state index is -4.68. The highest BCUT2D eigenvalue weighted by Gasteiger charge is 2.57. The molecule has 1 saturated heterocycles. The van der Waals surface area contributed by atoms with E-state index in [2.05, 4.69) is 5.10 Å². The van der Waals surface area contributed by atoms with Crippen LogP contribution in [0.1, 0.15) is 74.1 Å². The second-order valence-corrected chi connectivity index (χ2v) is 9.86. The third-order valence-electron chi connectivity index (χ3n) is 6.37. The molecule has 1 aromatic heterocycles. The molecule has 2 aliphatic carbocycles. The van der Waals surface area contributed by atoms with Crippen LogP contribution < -0.4 is 5.73 Å². The fraction of sp³-hybridized carbons (Fsp3) is 0.750. The number of halogens is 3. The molecule has 1 atom stereocenters. The molecule has 1 aromatic rings. The molecule has 7 nitrogen and oxygen atoms in total. The van der Waals surface area contributed by atoms with Gasteiger partial charge in [0.1, 0.15) is 16.9 Å². The van der Waals surface area contributed by atoms with Crippen molar-refractivity contribution in [3.05, 3.63) is 17.0 Å². The Labute approximate surface area is 172 Å². The van der Waals surface area contributed by atoms with Gasteiger partial charge in [-0.3, -0.25) is 9.48 Å². The topological polar surface area (TPSA) is 90.4 Å². The van der Waals surface area contributed by atoms with E-state index in [0.717, 1.165) is 12.8 Å². The standard InChI is InChI=1S/C20H27F3N4O3/c1-18(2,3)30-17(29)26-9-19(10-26)7-6-12(19)8-27-15(16(24)28)13(20(21,22)23)14(25-27)11-4-5-11/h11-12H,4-10H2,1-3H3,(H2,24,28). The molecule has 2 N–H and O–H groups in total. The van der Waals surface area contributed by atoms with Crippen LogP contribution in [0.25, 0.3) is 0 Å². The summed E-state index contributed by atoms with van der Waals surface area (Å²) in [6, 6.07) is 0. The number of aromatic nitrogens is 2. The zero-order chi connectivity index (χ0) is 22.1. The van der Waals surface area contributed by atoms with Crippen LogP contribution >= 0.6 is 0 Å². The van der Waals surface area contributed by atoms with Crippen molar-refractivity contribution in [2.45, 2.75) is 70.7 Å². The zero-order valence-corrected chi connectivity index (χ0v) is 17.4. The molecular weight excluding hydrogens is 401 g/mol. The van der Waals surface area contributed by atoms with Gasteiger partial charge in [-0.25, -0.2) is 4.79 Å². The third-order valence-corrected chi connectivity index (χ3v) is 6.37. The number of primary amides is 1. The Kier molecular flexibility index (Phi) is 4.63. The first-order valence-corrected chi connectivity index (χ1v) is 10.3. The number of amides is 2. The molecule has 1 unspecified atom stereocenters. The van der Waals surface area contributed by atoms with E-state index in [0.29, 0.717) is 25.9 Å². The highest BCUT2D eigenvalue weighted by molar-refractivity contribution is 5.93. The lowest BCUT2D eigenvalue weighted by atomic mass is 9.56. The Morgan fingerprint density at radius 2 is 1.83 bits per heavy atom. The number of nitrogens with zero attached hydrogens (tertiary/aromatic N) is 3.